The van der Waals surface area contributed by atoms with E-state index >= 15 is 0 Å². The Bertz CT molecular complexity index is 964. The maximum Gasteiger partial charge on any atom is 0.306 e. The molecule has 6 nitrogen and oxygen atoms in total. The van der Waals surface area contributed by atoms with Crippen molar-refractivity contribution in [2.45, 2.75) is 336 Å². The highest BCUT2D eigenvalue weighted by atomic mass is 16.6. The summed E-state index contributed by atoms with van der Waals surface area (Å²) in [6, 6.07) is 0. The summed E-state index contributed by atoms with van der Waals surface area (Å²) >= 11 is 0. The SMILES string of the molecule is CCCCCCCCCCCCCCCCCCCCC(=O)O[C@@H](COC(=O)CCCCCCCCCCCC)COC(=O)CCCCCCCCCCCCCCCCCC(C)C. The molecule has 0 radical (unpaired) electrons. The summed E-state index contributed by atoms with van der Waals surface area (Å²) in [6.45, 7) is 9.06. The second-order valence-electron chi connectivity index (χ2n) is 20.4. The van der Waals surface area contributed by atoms with Gasteiger partial charge in [0.25, 0.3) is 0 Å². The Labute approximate surface area is 399 Å². The quantitative estimate of drug-likeness (QED) is 0.0344. The standard InChI is InChI=1S/C58H112O6/c1-5-7-9-11-13-15-17-18-19-20-21-24-28-31-35-39-43-47-51-58(61)64-55(52-62-56(59)49-45-41-37-33-16-14-12-10-8-6-2)53-63-57(60)50-46-42-38-34-30-27-25-22-23-26-29-32-36-40-44-48-54(3)4/h54-55H,5-53H2,1-4H3/t55-/m0/s1. The summed E-state index contributed by atoms with van der Waals surface area (Å²) in [7, 11) is 0. The number of unbranched alkanes of at least 4 members (excludes halogenated alkanes) is 40. The van der Waals surface area contributed by atoms with Crippen LogP contribution in [0.2, 0.25) is 0 Å². The predicted molar refractivity (Wildman–Crippen MR) is 275 cm³/mol. The molecule has 0 N–H and O–H groups in total. The lowest BCUT2D eigenvalue weighted by molar-refractivity contribution is -0.167. The molecule has 0 spiro atoms. The van der Waals surface area contributed by atoms with E-state index in [2.05, 4.69) is 27.7 Å². The van der Waals surface area contributed by atoms with Crippen LogP contribution in [-0.2, 0) is 28.6 Å². The van der Waals surface area contributed by atoms with Crippen molar-refractivity contribution >= 4 is 17.9 Å². The van der Waals surface area contributed by atoms with Crippen molar-refractivity contribution in [3.8, 4) is 0 Å². The van der Waals surface area contributed by atoms with Crippen molar-refractivity contribution < 1.29 is 28.6 Å². The zero-order valence-corrected chi connectivity index (χ0v) is 43.8. The molecule has 0 rings (SSSR count). The molecule has 0 bridgehead atoms. The summed E-state index contributed by atoms with van der Waals surface area (Å²) in [5.74, 6) is 0.0117. The average molecular weight is 906 g/mol. The lowest BCUT2D eigenvalue weighted by Gasteiger charge is -2.18. The van der Waals surface area contributed by atoms with Crippen LogP contribution in [0.1, 0.15) is 329 Å². The minimum Gasteiger partial charge on any atom is -0.462 e. The van der Waals surface area contributed by atoms with E-state index in [9.17, 15) is 14.4 Å². The van der Waals surface area contributed by atoms with Crippen molar-refractivity contribution in [2.75, 3.05) is 13.2 Å². The van der Waals surface area contributed by atoms with E-state index in [1.165, 1.54) is 225 Å². The van der Waals surface area contributed by atoms with Crippen LogP contribution in [-0.4, -0.2) is 37.2 Å². The monoisotopic (exact) mass is 905 g/mol. The van der Waals surface area contributed by atoms with Gasteiger partial charge < -0.3 is 14.2 Å². The number of carbonyl (C=O) groups excluding carboxylic acids is 3. The first-order valence-electron chi connectivity index (χ1n) is 28.9. The van der Waals surface area contributed by atoms with Crippen LogP contribution in [0.4, 0.5) is 0 Å². The van der Waals surface area contributed by atoms with E-state index in [0.29, 0.717) is 19.3 Å². The molecule has 0 fully saturated rings. The van der Waals surface area contributed by atoms with Gasteiger partial charge in [0.15, 0.2) is 6.10 Å². The van der Waals surface area contributed by atoms with E-state index < -0.39 is 6.10 Å². The highest BCUT2D eigenvalue weighted by Crippen LogP contribution is 2.18. The van der Waals surface area contributed by atoms with Gasteiger partial charge in [0.05, 0.1) is 0 Å². The third-order valence-electron chi connectivity index (χ3n) is 13.3. The van der Waals surface area contributed by atoms with Crippen LogP contribution in [0.15, 0.2) is 0 Å². The Balaban J connectivity index is 4.23. The van der Waals surface area contributed by atoms with Gasteiger partial charge in [-0.2, -0.15) is 0 Å². The number of esters is 3. The molecule has 0 aromatic rings. The Morgan fingerprint density at radius 2 is 0.516 bits per heavy atom. The van der Waals surface area contributed by atoms with Crippen molar-refractivity contribution in [1.29, 1.82) is 0 Å². The molecule has 0 unspecified atom stereocenters. The van der Waals surface area contributed by atoms with Crippen LogP contribution >= 0.6 is 0 Å². The molecule has 6 heteroatoms. The van der Waals surface area contributed by atoms with E-state index in [1.54, 1.807) is 0 Å². The second-order valence-corrected chi connectivity index (χ2v) is 20.4. The van der Waals surface area contributed by atoms with Gasteiger partial charge >= 0.3 is 17.9 Å². The zero-order chi connectivity index (χ0) is 46.7. The maximum absolute atomic E-state index is 12.8. The first kappa shape index (κ1) is 62.4. The minimum absolute atomic E-state index is 0.0620. The zero-order valence-electron chi connectivity index (χ0n) is 43.8. The topological polar surface area (TPSA) is 78.9 Å². The van der Waals surface area contributed by atoms with Crippen molar-refractivity contribution in [2.24, 2.45) is 5.92 Å². The number of hydrogen-bond acceptors (Lipinski definition) is 6. The van der Waals surface area contributed by atoms with Gasteiger partial charge in [-0.15, -0.1) is 0 Å². The molecule has 0 heterocycles. The summed E-state index contributed by atoms with van der Waals surface area (Å²) in [5.41, 5.74) is 0. The lowest BCUT2D eigenvalue weighted by atomic mass is 10.0. The smallest absolute Gasteiger partial charge is 0.306 e. The minimum atomic E-state index is -0.761. The van der Waals surface area contributed by atoms with Gasteiger partial charge in [-0.3, -0.25) is 14.4 Å². The first-order valence-corrected chi connectivity index (χ1v) is 28.9. The molecular weight excluding hydrogens is 793 g/mol. The summed E-state index contributed by atoms with van der Waals surface area (Å²) in [6.07, 6.45) is 56.7. The lowest BCUT2D eigenvalue weighted by Crippen LogP contribution is -2.30. The molecule has 1 atom stereocenters. The van der Waals surface area contributed by atoms with Crippen molar-refractivity contribution in [1.82, 2.24) is 0 Å². The Morgan fingerprint density at radius 3 is 0.766 bits per heavy atom. The fraction of sp³-hybridized carbons (Fsp3) is 0.948. The van der Waals surface area contributed by atoms with Crippen molar-refractivity contribution in [3.63, 3.8) is 0 Å². The number of carbonyl (C=O) groups is 3. The Kier molecular flexibility index (Phi) is 51.1. The van der Waals surface area contributed by atoms with Crippen LogP contribution < -0.4 is 0 Å². The predicted octanol–water partition coefficient (Wildman–Crippen LogP) is 19.0. The number of ether oxygens (including phenoxy) is 3. The van der Waals surface area contributed by atoms with Gasteiger partial charge in [0, 0.05) is 19.3 Å². The summed E-state index contributed by atoms with van der Waals surface area (Å²) in [5, 5.41) is 0. The normalized spacial score (nSPS) is 12.0. The van der Waals surface area contributed by atoms with E-state index in [1.807, 2.05) is 0 Å². The van der Waals surface area contributed by atoms with Crippen LogP contribution in [0.3, 0.4) is 0 Å². The number of rotatable bonds is 53. The molecule has 0 aromatic carbocycles. The third-order valence-corrected chi connectivity index (χ3v) is 13.3. The molecule has 0 amide bonds. The van der Waals surface area contributed by atoms with Gasteiger partial charge in [-0.25, -0.2) is 0 Å². The third kappa shape index (κ3) is 51.4. The molecule has 64 heavy (non-hydrogen) atoms. The highest BCUT2D eigenvalue weighted by Gasteiger charge is 2.19. The summed E-state index contributed by atoms with van der Waals surface area (Å²) < 4.78 is 16.9. The average Bonchev–Trinajstić information content (AvgIpc) is 3.28. The Morgan fingerprint density at radius 1 is 0.297 bits per heavy atom. The van der Waals surface area contributed by atoms with Crippen LogP contribution in [0, 0.1) is 5.92 Å². The molecule has 0 saturated carbocycles. The highest BCUT2D eigenvalue weighted by molar-refractivity contribution is 5.71. The molecule has 0 saturated heterocycles. The van der Waals surface area contributed by atoms with Gasteiger partial charge in [-0.1, -0.05) is 291 Å². The van der Waals surface area contributed by atoms with Gasteiger partial charge in [0.2, 0.25) is 0 Å². The molecule has 0 aromatic heterocycles. The molecular formula is C58H112O6. The molecule has 380 valence electrons. The molecule has 0 aliphatic carbocycles. The van der Waals surface area contributed by atoms with E-state index in [4.69, 9.17) is 14.2 Å². The van der Waals surface area contributed by atoms with E-state index in [0.717, 1.165) is 63.7 Å². The largest absolute Gasteiger partial charge is 0.462 e. The van der Waals surface area contributed by atoms with Crippen LogP contribution in [0.25, 0.3) is 0 Å². The maximum atomic E-state index is 12.8. The Hall–Kier alpha value is -1.59. The number of hydrogen-bond donors (Lipinski definition) is 0. The van der Waals surface area contributed by atoms with Gasteiger partial charge in [0.1, 0.15) is 13.2 Å². The summed E-state index contributed by atoms with van der Waals surface area (Å²) in [4.78, 5) is 38.1. The van der Waals surface area contributed by atoms with Gasteiger partial charge in [-0.05, 0) is 25.2 Å². The van der Waals surface area contributed by atoms with Crippen LogP contribution in [0.5, 0.6) is 0 Å². The fourth-order valence-electron chi connectivity index (χ4n) is 8.92. The molecule has 0 aliphatic rings. The molecule has 0 aliphatic heterocycles. The van der Waals surface area contributed by atoms with Crippen molar-refractivity contribution in [3.05, 3.63) is 0 Å². The fourth-order valence-corrected chi connectivity index (χ4v) is 8.92. The first-order chi connectivity index (χ1) is 31.4. The second kappa shape index (κ2) is 52.4. The van der Waals surface area contributed by atoms with E-state index in [-0.39, 0.29) is 31.1 Å².